The van der Waals surface area contributed by atoms with Crippen LogP contribution in [0.5, 0.6) is 0 Å². The van der Waals surface area contributed by atoms with Crippen molar-refractivity contribution in [2.75, 3.05) is 13.2 Å². The molecule has 1 rings (SSSR count). The Kier molecular flexibility index (Phi) is 5.01. The van der Waals surface area contributed by atoms with Gasteiger partial charge in [-0.1, -0.05) is 0 Å². The van der Waals surface area contributed by atoms with Crippen LogP contribution in [0, 0.1) is 0 Å². The van der Waals surface area contributed by atoms with E-state index in [0.717, 1.165) is 6.20 Å². The van der Waals surface area contributed by atoms with Crippen molar-refractivity contribution in [3.63, 3.8) is 0 Å². The number of carboxylic acid groups (broad SMARTS) is 1. The fourth-order valence-electron chi connectivity index (χ4n) is 1.22. The molecule has 1 aromatic heterocycles. The van der Waals surface area contributed by atoms with Gasteiger partial charge in [-0.2, -0.15) is 5.10 Å². The second kappa shape index (κ2) is 6.29. The first-order valence-corrected chi connectivity index (χ1v) is 6.78. The molecule has 0 aromatic carbocycles. The molecule has 19 heavy (non-hydrogen) atoms. The summed E-state index contributed by atoms with van der Waals surface area (Å²) in [6.07, 6.45) is 0.742. The van der Waals surface area contributed by atoms with Crippen molar-refractivity contribution < 1.29 is 27.9 Å². The summed E-state index contributed by atoms with van der Waals surface area (Å²) in [7, 11) is -4.06. The monoisotopic (exact) mass is 291 g/mol. The number of aromatic carboxylic acids is 1. The van der Waals surface area contributed by atoms with Crippen LogP contribution in [-0.2, 0) is 19.6 Å². The molecule has 106 valence electrons. The Labute approximate surface area is 109 Å². The molecule has 0 bridgehead atoms. The Hall–Kier alpha value is -1.94. The molecule has 0 atom stereocenters. The van der Waals surface area contributed by atoms with Crippen LogP contribution in [0.25, 0.3) is 0 Å². The number of aromatic nitrogens is 2. The van der Waals surface area contributed by atoms with Gasteiger partial charge < -0.3 is 9.84 Å². The predicted octanol–water partition coefficient (Wildman–Crippen LogP) is -0.661. The van der Waals surface area contributed by atoms with E-state index in [-0.39, 0.29) is 19.6 Å². The zero-order valence-electron chi connectivity index (χ0n) is 10.0. The average Bonchev–Trinajstić information content (AvgIpc) is 2.78. The maximum absolute atomic E-state index is 11.8. The number of hydrogen-bond donors (Lipinski definition) is 3. The van der Waals surface area contributed by atoms with Crippen molar-refractivity contribution in [2.45, 2.75) is 18.4 Å². The van der Waals surface area contributed by atoms with E-state index in [1.54, 1.807) is 6.92 Å². The van der Waals surface area contributed by atoms with E-state index >= 15 is 0 Å². The smallest absolute Gasteiger partial charge is 0.340 e. The van der Waals surface area contributed by atoms with Gasteiger partial charge in [0.15, 0.2) is 5.03 Å². The highest BCUT2D eigenvalue weighted by atomic mass is 32.2. The van der Waals surface area contributed by atoms with Gasteiger partial charge in [-0.3, -0.25) is 9.89 Å². The largest absolute Gasteiger partial charge is 0.478 e. The fraction of sp³-hybridized carbons (Fsp3) is 0.444. The summed E-state index contributed by atoms with van der Waals surface area (Å²) in [5, 5.41) is 13.7. The maximum atomic E-state index is 11.8. The lowest BCUT2D eigenvalue weighted by Crippen LogP contribution is -2.28. The van der Waals surface area contributed by atoms with Gasteiger partial charge >= 0.3 is 11.9 Å². The molecule has 0 saturated carbocycles. The molecule has 0 saturated heterocycles. The van der Waals surface area contributed by atoms with Crippen LogP contribution in [0.1, 0.15) is 23.7 Å². The quantitative estimate of drug-likeness (QED) is 0.567. The first-order chi connectivity index (χ1) is 8.88. The molecule has 10 heteroatoms. The van der Waals surface area contributed by atoms with Gasteiger partial charge in [0, 0.05) is 6.54 Å². The minimum atomic E-state index is -4.06. The SMILES string of the molecule is CCOC(=O)CCNS(=O)(=O)c1[nH]ncc1C(=O)O. The van der Waals surface area contributed by atoms with E-state index < -0.39 is 32.6 Å². The molecule has 1 heterocycles. The summed E-state index contributed by atoms with van der Waals surface area (Å²) in [4.78, 5) is 21.8. The number of nitrogens with one attached hydrogen (secondary N) is 2. The highest BCUT2D eigenvalue weighted by Crippen LogP contribution is 2.11. The normalized spacial score (nSPS) is 11.2. The summed E-state index contributed by atoms with van der Waals surface area (Å²) in [6, 6.07) is 0. The van der Waals surface area contributed by atoms with Gasteiger partial charge in [0.05, 0.1) is 19.2 Å². The number of carbonyl (C=O) groups excluding carboxylic acids is 1. The van der Waals surface area contributed by atoms with E-state index in [4.69, 9.17) is 5.11 Å². The molecule has 0 aliphatic heterocycles. The Morgan fingerprint density at radius 3 is 2.79 bits per heavy atom. The van der Waals surface area contributed by atoms with Gasteiger partial charge in [0.25, 0.3) is 10.0 Å². The molecule has 9 nitrogen and oxygen atoms in total. The van der Waals surface area contributed by atoms with Crippen LogP contribution < -0.4 is 4.72 Å². The van der Waals surface area contributed by atoms with E-state index in [1.165, 1.54) is 0 Å². The third-order valence-electron chi connectivity index (χ3n) is 2.03. The first-order valence-electron chi connectivity index (χ1n) is 5.30. The van der Waals surface area contributed by atoms with Crippen molar-refractivity contribution >= 4 is 22.0 Å². The summed E-state index contributed by atoms with van der Waals surface area (Å²) < 4.78 is 30.2. The fourth-order valence-corrected chi connectivity index (χ4v) is 2.34. The Balaban J connectivity index is 2.69. The van der Waals surface area contributed by atoms with E-state index in [1.807, 2.05) is 0 Å². The average molecular weight is 291 g/mol. The lowest BCUT2D eigenvalue weighted by Gasteiger charge is -2.05. The number of hydrogen-bond acceptors (Lipinski definition) is 6. The summed E-state index contributed by atoms with van der Waals surface area (Å²) in [5.74, 6) is -1.97. The van der Waals surface area contributed by atoms with Gasteiger partial charge in [-0.15, -0.1) is 0 Å². The molecule has 3 N–H and O–H groups in total. The number of carbonyl (C=O) groups is 2. The van der Waals surface area contributed by atoms with Crippen LogP contribution in [-0.4, -0.2) is 48.8 Å². The summed E-state index contributed by atoms with van der Waals surface area (Å²) in [6.45, 7) is 1.64. The van der Waals surface area contributed by atoms with Crippen LogP contribution in [0.3, 0.4) is 0 Å². The van der Waals surface area contributed by atoms with Crippen LogP contribution in [0.15, 0.2) is 11.2 Å². The van der Waals surface area contributed by atoms with E-state index in [0.29, 0.717) is 0 Å². The van der Waals surface area contributed by atoms with Gasteiger partial charge in [-0.05, 0) is 6.92 Å². The third-order valence-corrected chi connectivity index (χ3v) is 3.46. The van der Waals surface area contributed by atoms with Crippen LogP contribution >= 0.6 is 0 Å². The van der Waals surface area contributed by atoms with Crippen molar-refractivity contribution in [3.05, 3.63) is 11.8 Å². The highest BCUT2D eigenvalue weighted by molar-refractivity contribution is 7.89. The van der Waals surface area contributed by atoms with Crippen molar-refractivity contribution in [2.24, 2.45) is 0 Å². The van der Waals surface area contributed by atoms with E-state index in [2.05, 4.69) is 19.7 Å². The van der Waals surface area contributed by atoms with Crippen molar-refractivity contribution in [3.8, 4) is 0 Å². The molecule has 1 aromatic rings. The number of nitrogens with zero attached hydrogens (tertiary/aromatic N) is 1. The molecule has 0 amide bonds. The van der Waals surface area contributed by atoms with Crippen LogP contribution in [0.2, 0.25) is 0 Å². The molecular weight excluding hydrogens is 278 g/mol. The van der Waals surface area contributed by atoms with Gasteiger partial charge in [-0.25, -0.2) is 17.9 Å². The molecule has 0 spiro atoms. The van der Waals surface area contributed by atoms with Gasteiger partial charge in [0.2, 0.25) is 0 Å². The second-order valence-electron chi connectivity index (χ2n) is 3.37. The van der Waals surface area contributed by atoms with E-state index in [9.17, 15) is 18.0 Å². The van der Waals surface area contributed by atoms with Crippen molar-refractivity contribution in [1.82, 2.24) is 14.9 Å². The second-order valence-corrected chi connectivity index (χ2v) is 5.07. The predicted molar refractivity (Wildman–Crippen MR) is 62.0 cm³/mol. The third kappa shape index (κ3) is 4.03. The molecule has 0 aliphatic carbocycles. The minimum absolute atomic E-state index is 0.149. The lowest BCUT2D eigenvalue weighted by atomic mass is 10.4. The topological polar surface area (TPSA) is 138 Å². The number of rotatable bonds is 7. The number of ether oxygens (including phenoxy) is 1. The standard InChI is InChI=1S/C9H13N3O6S/c1-2-18-7(13)3-4-11-19(16,17)8-6(9(14)15)5-10-12-8/h5,11H,2-4H2,1H3,(H,10,12)(H,14,15). The number of H-pyrrole nitrogens is 1. The van der Waals surface area contributed by atoms with Gasteiger partial charge in [0.1, 0.15) is 5.56 Å². The molecule has 0 unspecified atom stereocenters. The highest BCUT2D eigenvalue weighted by Gasteiger charge is 2.24. The molecular formula is C9H13N3O6S. The first kappa shape index (κ1) is 15.1. The summed E-state index contributed by atoms with van der Waals surface area (Å²) >= 11 is 0. The molecule has 0 aliphatic rings. The zero-order valence-corrected chi connectivity index (χ0v) is 10.9. The van der Waals surface area contributed by atoms with Crippen molar-refractivity contribution in [1.29, 1.82) is 0 Å². The number of sulfonamides is 1. The Bertz CT molecular complexity index is 564. The zero-order chi connectivity index (χ0) is 14.5. The number of carboxylic acids is 1. The molecule has 0 radical (unpaired) electrons. The Morgan fingerprint density at radius 2 is 2.21 bits per heavy atom. The maximum Gasteiger partial charge on any atom is 0.340 e. The Morgan fingerprint density at radius 1 is 1.53 bits per heavy atom. The lowest BCUT2D eigenvalue weighted by molar-refractivity contribution is -0.142. The number of esters is 1. The minimum Gasteiger partial charge on any atom is -0.478 e. The van der Waals surface area contributed by atoms with Crippen LogP contribution in [0.4, 0.5) is 0 Å². The summed E-state index contributed by atoms with van der Waals surface area (Å²) in [5.41, 5.74) is -0.469. The number of aromatic amines is 1. The molecule has 0 fully saturated rings.